The second kappa shape index (κ2) is 7.30. The van der Waals surface area contributed by atoms with Gasteiger partial charge in [0.2, 0.25) is 15.9 Å². The average molecular weight is 390 g/mol. The first-order chi connectivity index (χ1) is 11.6. The number of anilines is 1. The third kappa shape index (κ3) is 4.50. The Balaban J connectivity index is 2.29. The fourth-order valence-corrected chi connectivity index (χ4v) is 5.30. The molecule has 0 saturated carbocycles. The van der Waals surface area contributed by atoms with Gasteiger partial charge in [-0.05, 0) is 31.5 Å². The van der Waals surface area contributed by atoms with Crippen LogP contribution in [0, 0.1) is 5.92 Å². The molecule has 0 aliphatic carbocycles. The van der Waals surface area contributed by atoms with E-state index in [4.69, 9.17) is 4.74 Å². The molecule has 1 aliphatic rings. The predicted octanol–water partition coefficient (Wildman–Crippen LogP) is 0.709. The summed E-state index contributed by atoms with van der Waals surface area (Å²) in [5, 5.41) is 2.60. The van der Waals surface area contributed by atoms with Crippen LogP contribution in [0.2, 0.25) is 0 Å². The van der Waals surface area contributed by atoms with Gasteiger partial charge < -0.3 is 10.1 Å². The number of sulfone groups is 1. The van der Waals surface area contributed by atoms with Gasteiger partial charge in [0.15, 0.2) is 9.84 Å². The summed E-state index contributed by atoms with van der Waals surface area (Å²) < 4.78 is 54.3. The fourth-order valence-electron chi connectivity index (χ4n) is 2.50. The van der Waals surface area contributed by atoms with Gasteiger partial charge >= 0.3 is 0 Å². The zero-order valence-corrected chi connectivity index (χ0v) is 16.0. The molecule has 1 amide bonds. The third-order valence-corrected chi connectivity index (χ3v) is 7.48. The summed E-state index contributed by atoms with van der Waals surface area (Å²) in [6.45, 7) is 2.03. The van der Waals surface area contributed by atoms with Crippen LogP contribution < -0.4 is 10.1 Å². The van der Waals surface area contributed by atoms with Crippen LogP contribution in [-0.4, -0.2) is 59.3 Å². The topological polar surface area (TPSA) is 110 Å². The summed E-state index contributed by atoms with van der Waals surface area (Å²) in [4.78, 5) is 12.2. The Morgan fingerprint density at radius 1 is 1.36 bits per heavy atom. The lowest BCUT2D eigenvalue weighted by Gasteiger charge is -2.17. The van der Waals surface area contributed by atoms with Crippen molar-refractivity contribution in [1.29, 1.82) is 0 Å². The molecular formula is C15H22N2O6S2. The van der Waals surface area contributed by atoms with Crippen molar-refractivity contribution in [1.82, 2.24) is 4.31 Å². The second-order valence-electron chi connectivity index (χ2n) is 5.97. The monoisotopic (exact) mass is 390 g/mol. The van der Waals surface area contributed by atoms with Gasteiger partial charge in [-0.2, -0.15) is 0 Å². The molecule has 2 rings (SSSR count). The number of ether oxygens (including phenoxy) is 1. The first-order valence-corrected chi connectivity index (χ1v) is 11.0. The number of hydrogen-bond donors (Lipinski definition) is 1. The minimum absolute atomic E-state index is 0.00533. The molecule has 1 aromatic carbocycles. The second-order valence-corrected chi connectivity index (χ2v) is 10.3. The minimum atomic E-state index is -3.76. The first kappa shape index (κ1) is 19.7. The summed E-state index contributed by atoms with van der Waals surface area (Å²) >= 11 is 0. The van der Waals surface area contributed by atoms with Crippen LogP contribution in [0.5, 0.6) is 5.75 Å². The first-order valence-electron chi connectivity index (χ1n) is 7.77. The maximum Gasteiger partial charge on any atom is 0.246 e. The van der Waals surface area contributed by atoms with Crippen LogP contribution in [0.4, 0.5) is 5.69 Å². The Labute approximate surface area is 148 Å². The van der Waals surface area contributed by atoms with Crippen molar-refractivity contribution < 1.29 is 26.4 Å². The van der Waals surface area contributed by atoms with Crippen LogP contribution >= 0.6 is 0 Å². The number of benzene rings is 1. The summed E-state index contributed by atoms with van der Waals surface area (Å²) in [6, 6.07) is 4.32. The van der Waals surface area contributed by atoms with Crippen molar-refractivity contribution in [2.75, 3.05) is 37.5 Å². The van der Waals surface area contributed by atoms with Crippen molar-refractivity contribution in [2.45, 2.75) is 18.2 Å². The molecule has 25 heavy (non-hydrogen) atoms. The van der Waals surface area contributed by atoms with Crippen molar-refractivity contribution >= 4 is 31.5 Å². The number of carbonyl (C=O) groups excluding carboxylic acids is 1. The largest absolute Gasteiger partial charge is 0.492 e. The Bertz CT molecular complexity index is 862. The Morgan fingerprint density at radius 2 is 2.04 bits per heavy atom. The van der Waals surface area contributed by atoms with E-state index >= 15 is 0 Å². The van der Waals surface area contributed by atoms with E-state index in [-0.39, 0.29) is 34.3 Å². The van der Waals surface area contributed by atoms with E-state index in [2.05, 4.69) is 5.32 Å². The molecule has 140 valence electrons. The van der Waals surface area contributed by atoms with E-state index in [9.17, 15) is 21.6 Å². The molecule has 1 fully saturated rings. The SMILES string of the molecule is CCOc1ccc(NC(=O)[C@H]2CCS(=O)(=O)C2)cc1S(=O)(=O)N(C)C. The van der Waals surface area contributed by atoms with E-state index in [1.807, 2.05) is 0 Å². The molecule has 0 spiro atoms. The third-order valence-electron chi connectivity index (χ3n) is 3.87. The van der Waals surface area contributed by atoms with Gasteiger partial charge in [-0.25, -0.2) is 21.1 Å². The molecule has 0 radical (unpaired) electrons. The molecule has 1 atom stereocenters. The summed E-state index contributed by atoms with van der Waals surface area (Å²) in [5.74, 6) is -1.05. The number of hydrogen-bond acceptors (Lipinski definition) is 6. The van der Waals surface area contributed by atoms with Gasteiger partial charge in [0, 0.05) is 19.8 Å². The van der Waals surface area contributed by atoms with Gasteiger partial charge in [-0.3, -0.25) is 4.79 Å². The molecule has 1 N–H and O–H groups in total. The Hall–Kier alpha value is -1.65. The fraction of sp³-hybridized carbons (Fsp3) is 0.533. The number of rotatable bonds is 6. The van der Waals surface area contributed by atoms with Crippen molar-refractivity contribution in [3.8, 4) is 5.75 Å². The van der Waals surface area contributed by atoms with Crippen LogP contribution in [-0.2, 0) is 24.7 Å². The van der Waals surface area contributed by atoms with Gasteiger partial charge in [0.05, 0.1) is 24.0 Å². The highest BCUT2D eigenvalue weighted by Gasteiger charge is 2.33. The summed E-state index contributed by atoms with van der Waals surface area (Å²) in [7, 11) is -4.13. The van der Waals surface area contributed by atoms with Crippen LogP contribution in [0.3, 0.4) is 0 Å². The highest BCUT2D eigenvalue weighted by molar-refractivity contribution is 7.91. The lowest BCUT2D eigenvalue weighted by Crippen LogP contribution is -2.25. The maximum atomic E-state index is 12.5. The smallest absolute Gasteiger partial charge is 0.246 e. The van der Waals surface area contributed by atoms with Crippen LogP contribution in [0.1, 0.15) is 13.3 Å². The number of nitrogens with zero attached hydrogens (tertiary/aromatic N) is 1. The van der Waals surface area contributed by atoms with Crippen molar-refractivity contribution in [2.24, 2.45) is 5.92 Å². The summed E-state index contributed by atoms with van der Waals surface area (Å²) in [5.41, 5.74) is 0.276. The minimum Gasteiger partial charge on any atom is -0.492 e. The van der Waals surface area contributed by atoms with Crippen LogP contribution in [0.15, 0.2) is 23.1 Å². The number of amides is 1. The lowest BCUT2D eigenvalue weighted by atomic mass is 10.1. The van der Waals surface area contributed by atoms with E-state index in [0.717, 1.165) is 4.31 Å². The van der Waals surface area contributed by atoms with Crippen LogP contribution in [0.25, 0.3) is 0 Å². The zero-order valence-electron chi connectivity index (χ0n) is 14.4. The average Bonchev–Trinajstić information content (AvgIpc) is 2.89. The molecule has 0 bridgehead atoms. The number of nitrogens with one attached hydrogen (secondary N) is 1. The van der Waals surface area contributed by atoms with Gasteiger partial charge in [-0.1, -0.05) is 0 Å². The molecule has 0 unspecified atom stereocenters. The molecule has 1 saturated heterocycles. The van der Waals surface area contributed by atoms with Gasteiger partial charge in [-0.15, -0.1) is 0 Å². The Morgan fingerprint density at radius 3 is 2.56 bits per heavy atom. The van der Waals surface area contributed by atoms with Gasteiger partial charge in [0.25, 0.3) is 0 Å². The number of sulfonamides is 1. The highest BCUT2D eigenvalue weighted by Crippen LogP contribution is 2.30. The van der Waals surface area contributed by atoms with E-state index < -0.39 is 31.7 Å². The quantitative estimate of drug-likeness (QED) is 0.766. The molecule has 1 aromatic rings. The van der Waals surface area contributed by atoms with E-state index in [0.29, 0.717) is 6.61 Å². The molecule has 8 nitrogen and oxygen atoms in total. The predicted molar refractivity (Wildman–Crippen MR) is 93.9 cm³/mol. The molecule has 1 heterocycles. The molecule has 0 aromatic heterocycles. The lowest BCUT2D eigenvalue weighted by molar-refractivity contribution is -0.119. The molecule has 1 aliphatic heterocycles. The van der Waals surface area contributed by atoms with Crippen molar-refractivity contribution in [3.05, 3.63) is 18.2 Å². The molecular weight excluding hydrogens is 368 g/mol. The maximum absolute atomic E-state index is 12.5. The summed E-state index contributed by atoms with van der Waals surface area (Å²) in [6.07, 6.45) is 0.272. The highest BCUT2D eigenvalue weighted by atomic mass is 32.2. The van der Waals surface area contributed by atoms with Gasteiger partial charge in [0.1, 0.15) is 10.6 Å². The Kier molecular flexibility index (Phi) is 5.75. The number of carbonyl (C=O) groups is 1. The molecule has 10 heteroatoms. The zero-order chi connectivity index (χ0) is 18.8. The van der Waals surface area contributed by atoms with E-state index in [1.165, 1.54) is 32.3 Å². The standard InChI is InChI=1S/C15H22N2O6S2/c1-4-23-13-6-5-12(9-14(13)25(21,22)17(2)3)16-15(18)11-7-8-24(19,20)10-11/h5-6,9,11H,4,7-8,10H2,1-3H3,(H,16,18)/t11-/m0/s1. The normalized spacial score (nSPS) is 19.8. The van der Waals surface area contributed by atoms with E-state index in [1.54, 1.807) is 6.92 Å². The van der Waals surface area contributed by atoms with Crippen molar-refractivity contribution in [3.63, 3.8) is 0 Å².